The van der Waals surface area contributed by atoms with Gasteiger partial charge in [0.2, 0.25) is 29.5 Å². The van der Waals surface area contributed by atoms with Crippen molar-refractivity contribution >= 4 is 11.0 Å². The Hall–Kier alpha value is -3.95. The first-order valence-corrected chi connectivity index (χ1v) is 14.1. The SMILES string of the molecule is COc1cc(-c2oc3c(OC)c(O[C@H]4O[C@@H](CO)[C@H](O)[C@H](O)[C@@H]4O)cc(O)c3c(=O)c2O[C@@H]2O[C@@H](CO)[C@H](O)[C@H](O)[C@@H]2O)ccc1O. The molecule has 2 aliphatic heterocycles. The number of hydrogen-bond donors (Lipinski definition) is 10. The number of aliphatic hydroxyl groups is 8. The monoisotopic (exact) mass is 670 g/mol. The highest BCUT2D eigenvalue weighted by atomic mass is 16.7. The Morgan fingerprint density at radius 1 is 0.681 bits per heavy atom. The molecule has 0 unspecified atom stereocenters. The quantitative estimate of drug-likeness (QED) is 0.110. The molecule has 2 saturated heterocycles. The summed E-state index contributed by atoms with van der Waals surface area (Å²) in [6, 6.07) is 4.63. The van der Waals surface area contributed by atoms with Crippen LogP contribution >= 0.6 is 0 Å². The summed E-state index contributed by atoms with van der Waals surface area (Å²) in [5.74, 6) is -3.00. The summed E-state index contributed by atoms with van der Waals surface area (Å²) in [7, 11) is 2.40. The van der Waals surface area contributed by atoms with Crippen molar-refractivity contribution in [2.75, 3.05) is 27.4 Å². The number of rotatable bonds is 9. The van der Waals surface area contributed by atoms with Crippen molar-refractivity contribution in [3.63, 3.8) is 0 Å². The number of benzene rings is 2. The lowest BCUT2D eigenvalue weighted by Gasteiger charge is -2.39. The Morgan fingerprint density at radius 3 is 1.79 bits per heavy atom. The summed E-state index contributed by atoms with van der Waals surface area (Å²) in [4.78, 5) is 14.1. The molecule has 3 aromatic rings. The van der Waals surface area contributed by atoms with Crippen molar-refractivity contribution in [2.45, 2.75) is 61.4 Å². The van der Waals surface area contributed by atoms with E-state index >= 15 is 0 Å². The maximum Gasteiger partial charge on any atom is 0.239 e. The number of aliphatic hydroxyl groups excluding tert-OH is 8. The zero-order valence-corrected chi connectivity index (χ0v) is 24.7. The van der Waals surface area contributed by atoms with Gasteiger partial charge in [-0.15, -0.1) is 0 Å². The smallest absolute Gasteiger partial charge is 0.239 e. The first kappa shape index (κ1) is 34.4. The summed E-state index contributed by atoms with van der Waals surface area (Å²) in [6.07, 6.45) is -17.2. The van der Waals surface area contributed by atoms with E-state index < -0.39 is 108 Å². The number of methoxy groups -OCH3 is 2. The minimum absolute atomic E-state index is 0.0278. The average molecular weight is 671 g/mol. The predicted octanol–water partition coefficient (Wildman–Crippen LogP) is -2.75. The molecule has 2 fully saturated rings. The molecule has 0 amide bonds. The van der Waals surface area contributed by atoms with E-state index in [2.05, 4.69) is 0 Å². The van der Waals surface area contributed by atoms with Crippen LogP contribution in [0.4, 0.5) is 0 Å². The van der Waals surface area contributed by atoms with Gasteiger partial charge in [0.25, 0.3) is 0 Å². The van der Waals surface area contributed by atoms with Gasteiger partial charge >= 0.3 is 0 Å². The highest BCUT2D eigenvalue weighted by molar-refractivity contribution is 5.93. The number of ether oxygens (including phenoxy) is 6. The second-order valence-electron chi connectivity index (χ2n) is 10.7. The Morgan fingerprint density at radius 2 is 1.26 bits per heavy atom. The van der Waals surface area contributed by atoms with Gasteiger partial charge in [-0.3, -0.25) is 4.79 Å². The number of phenols is 2. The van der Waals surface area contributed by atoms with E-state index in [-0.39, 0.29) is 28.6 Å². The van der Waals surface area contributed by atoms with Crippen molar-refractivity contribution < 1.29 is 83.9 Å². The summed E-state index contributed by atoms with van der Waals surface area (Å²) in [5.41, 5.74) is -1.51. The van der Waals surface area contributed by atoms with E-state index in [0.29, 0.717) is 0 Å². The van der Waals surface area contributed by atoms with Gasteiger partial charge in [0.1, 0.15) is 60.0 Å². The lowest BCUT2D eigenvalue weighted by atomic mass is 9.99. The number of phenolic OH excluding ortho intramolecular Hbond substituents is 2. The van der Waals surface area contributed by atoms with Crippen LogP contribution < -0.4 is 24.4 Å². The van der Waals surface area contributed by atoms with Crippen molar-refractivity contribution in [1.29, 1.82) is 0 Å². The third kappa shape index (κ3) is 6.11. The van der Waals surface area contributed by atoms with Crippen LogP contribution in [0.5, 0.6) is 34.5 Å². The third-order valence-electron chi connectivity index (χ3n) is 7.84. The van der Waals surface area contributed by atoms with Gasteiger partial charge in [0.15, 0.2) is 28.6 Å². The summed E-state index contributed by atoms with van der Waals surface area (Å²) in [6.45, 7) is -1.55. The maximum atomic E-state index is 14.1. The molecular weight excluding hydrogens is 636 g/mol. The highest BCUT2D eigenvalue weighted by Gasteiger charge is 2.47. The van der Waals surface area contributed by atoms with Crippen LogP contribution in [0.1, 0.15) is 0 Å². The van der Waals surface area contributed by atoms with E-state index in [1.807, 2.05) is 0 Å². The third-order valence-corrected chi connectivity index (χ3v) is 7.84. The lowest BCUT2D eigenvalue weighted by Crippen LogP contribution is -2.60. The van der Waals surface area contributed by atoms with Crippen molar-refractivity contribution in [3.8, 4) is 45.8 Å². The van der Waals surface area contributed by atoms with Gasteiger partial charge in [0, 0.05) is 11.6 Å². The fourth-order valence-electron chi connectivity index (χ4n) is 5.25. The molecule has 2 aliphatic rings. The molecule has 5 rings (SSSR count). The summed E-state index contributed by atoms with van der Waals surface area (Å²) in [5, 5.41) is 102. The predicted molar refractivity (Wildman–Crippen MR) is 153 cm³/mol. The second kappa shape index (κ2) is 13.6. The maximum absolute atomic E-state index is 14.1. The van der Waals surface area contributed by atoms with Crippen LogP contribution in [-0.2, 0) is 9.47 Å². The minimum Gasteiger partial charge on any atom is -0.507 e. The fourth-order valence-corrected chi connectivity index (χ4v) is 5.25. The molecule has 2 aromatic carbocycles. The lowest BCUT2D eigenvalue weighted by molar-refractivity contribution is -0.277. The molecule has 0 bridgehead atoms. The van der Waals surface area contributed by atoms with Crippen molar-refractivity contribution in [1.82, 2.24) is 0 Å². The molecule has 0 aliphatic carbocycles. The molecule has 1 aromatic heterocycles. The Balaban J connectivity index is 1.68. The number of aromatic hydroxyl groups is 2. The molecule has 18 nitrogen and oxygen atoms in total. The van der Waals surface area contributed by atoms with Crippen LogP contribution in [0.15, 0.2) is 33.5 Å². The van der Waals surface area contributed by atoms with Gasteiger partial charge < -0.3 is 83.9 Å². The molecule has 3 heterocycles. The first-order valence-electron chi connectivity index (χ1n) is 14.1. The van der Waals surface area contributed by atoms with Crippen LogP contribution in [0.3, 0.4) is 0 Å². The van der Waals surface area contributed by atoms with Gasteiger partial charge in [0.05, 0.1) is 27.4 Å². The van der Waals surface area contributed by atoms with Gasteiger partial charge in [-0.05, 0) is 18.2 Å². The Kier molecular flexibility index (Phi) is 9.99. The normalized spacial score (nSPS) is 31.0. The Labute approximate surface area is 264 Å². The van der Waals surface area contributed by atoms with Crippen LogP contribution in [-0.4, -0.2) is 140 Å². The molecular formula is C29H34O18. The topological polar surface area (TPSA) is 288 Å². The molecule has 10 N–H and O–H groups in total. The van der Waals surface area contributed by atoms with E-state index in [4.69, 9.17) is 32.8 Å². The average Bonchev–Trinajstić information content (AvgIpc) is 3.06. The van der Waals surface area contributed by atoms with Gasteiger partial charge in [-0.1, -0.05) is 0 Å². The van der Waals surface area contributed by atoms with E-state index in [9.17, 15) is 55.9 Å². The fraction of sp³-hybridized carbons (Fsp3) is 0.483. The largest absolute Gasteiger partial charge is 0.507 e. The van der Waals surface area contributed by atoms with E-state index in [1.165, 1.54) is 25.3 Å². The van der Waals surface area contributed by atoms with Gasteiger partial charge in [-0.25, -0.2) is 0 Å². The van der Waals surface area contributed by atoms with Crippen LogP contribution in [0.2, 0.25) is 0 Å². The van der Waals surface area contributed by atoms with Gasteiger partial charge in [-0.2, -0.15) is 0 Å². The Bertz CT molecular complexity index is 1640. The molecule has 18 heteroatoms. The molecule has 0 saturated carbocycles. The minimum atomic E-state index is -1.94. The standard InChI is InChI=1S/C29H34O18/c1-41-12-5-9(3-4-10(12)32)24-27(47-29-23(40)21(38)18(35)15(8-31)45-29)19(36)16-11(33)6-13(25(42-2)26(16)46-24)43-28-22(39)20(37)17(34)14(7-30)44-28/h3-6,14-15,17-18,20-23,28-35,37-40H,7-8H2,1-2H3/t14-,15-,17-,18-,20-,21-,22-,23-,28-,29-/m0/s1. The summed E-state index contributed by atoms with van der Waals surface area (Å²) < 4.78 is 38.8. The van der Waals surface area contributed by atoms with Crippen molar-refractivity contribution in [2.24, 2.45) is 0 Å². The summed E-state index contributed by atoms with van der Waals surface area (Å²) >= 11 is 0. The van der Waals surface area contributed by atoms with E-state index in [0.717, 1.165) is 13.2 Å². The number of fused-ring (bicyclic) bond motifs is 1. The first-order chi connectivity index (χ1) is 22.4. The molecule has 0 spiro atoms. The number of hydrogen-bond acceptors (Lipinski definition) is 18. The van der Waals surface area contributed by atoms with Crippen LogP contribution in [0, 0.1) is 0 Å². The van der Waals surface area contributed by atoms with Crippen LogP contribution in [0.25, 0.3) is 22.3 Å². The van der Waals surface area contributed by atoms with Crippen molar-refractivity contribution in [3.05, 3.63) is 34.5 Å². The molecule has 10 atom stereocenters. The second-order valence-corrected chi connectivity index (χ2v) is 10.7. The molecule has 47 heavy (non-hydrogen) atoms. The molecule has 258 valence electrons. The molecule has 0 radical (unpaired) electrons. The van der Waals surface area contributed by atoms with E-state index in [1.54, 1.807) is 0 Å². The zero-order chi connectivity index (χ0) is 34.3. The zero-order valence-electron chi connectivity index (χ0n) is 24.7. The highest BCUT2D eigenvalue weighted by Crippen LogP contribution is 2.45.